The fraction of sp³-hybridized carbons (Fsp3) is 0.250. The summed E-state index contributed by atoms with van der Waals surface area (Å²) in [6, 6.07) is 2.75. The molecule has 96 valence electrons. The Labute approximate surface area is 102 Å². The van der Waals surface area contributed by atoms with E-state index in [0.29, 0.717) is 6.07 Å². The van der Waals surface area contributed by atoms with Crippen LogP contribution in [0.2, 0.25) is 0 Å². The third-order valence-corrected chi connectivity index (χ3v) is 2.06. The lowest BCUT2D eigenvalue weighted by Gasteiger charge is -2.09. The van der Waals surface area contributed by atoms with E-state index in [9.17, 15) is 18.0 Å². The van der Waals surface area contributed by atoms with Crippen LogP contribution in [0.5, 0.6) is 0 Å². The lowest BCUT2D eigenvalue weighted by molar-refractivity contribution is -0.137. The van der Waals surface area contributed by atoms with Crippen LogP contribution in [-0.4, -0.2) is 24.7 Å². The molecular weight excluding hydrogens is 247 g/mol. The van der Waals surface area contributed by atoms with Gasteiger partial charge in [0.1, 0.15) is 0 Å². The van der Waals surface area contributed by atoms with Gasteiger partial charge in [0.2, 0.25) is 0 Å². The average molecular weight is 257 g/mol. The summed E-state index contributed by atoms with van der Waals surface area (Å²) in [5.74, 6) is 3.46. The Morgan fingerprint density at radius 1 is 1.44 bits per heavy atom. The van der Waals surface area contributed by atoms with Crippen LogP contribution in [0.3, 0.4) is 0 Å². The molecule has 0 aliphatic rings. The second kappa shape index (κ2) is 5.56. The van der Waals surface area contributed by atoms with Crippen LogP contribution in [0.1, 0.15) is 21.5 Å². The van der Waals surface area contributed by atoms with Gasteiger partial charge in [-0.25, -0.2) is 4.79 Å². The number of benzene rings is 1. The number of alkyl halides is 3. The van der Waals surface area contributed by atoms with E-state index in [2.05, 4.69) is 17.2 Å². The average Bonchev–Trinajstić information content (AvgIpc) is 2.28. The fourth-order valence-corrected chi connectivity index (χ4v) is 1.25. The first-order valence-electron chi connectivity index (χ1n) is 4.94. The van der Waals surface area contributed by atoms with Crippen LogP contribution in [0.25, 0.3) is 0 Å². The van der Waals surface area contributed by atoms with Crippen LogP contribution < -0.4 is 5.32 Å². The van der Waals surface area contributed by atoms with Gasteiger partial charge in [-0.3, -0.25) is 0 Å². The smallest absolute Gasteiger partial charge is 0.417 e. The fourth-order valence-electron chi connectivity index (χ4n) is 1.25. The van der Waals surface area contributed by atoms with Crippen molar-refractivity contribution in [3.05, 3.63) is 34.9 Å². The number of hydrogen-bond donors (Lipinski definition) is 2. The third kappa shape index (κ3) is 3.50. The van der Waals surface area contributed by atoms with Gasteiger partial charge in [-0.15, -0.1) is 0 Å². The van der Waals surface area contributed by atoms with E-state index in [1.165, 1.54) is 0 Å². The maximum absolute atomic E-state index is 12.7. The second-order valence-corrected chi connectivity index (χ2v) is 3.40. The van der Waals surface area contributed by atoms with Crippen LogP contribution >= 0.6 is 0 Å². The molecule has 18 heavy (non-hydrogen) atoms. The number of carboxylic acid groups (broad SMARTS) is 1. The maximum atomic E-state index is 12.7. The van der Waals surface area contributed by atoms with E-state index in [-0.39, 0.29) is 12.1 Å². The Morgan fingerprint density at radius 3 is 2.61 bits per heavy atom. The Hall–Kier alpha value is -2.00. The summed E-state index contributed by atoms with van der Waals surface area (Å²) in [6.45, 7) is 0.248. The largest absolute Gasteiger partial charge is 0.478 e. The summed E-state index contributed by atoms with van der Waals surface area (Å²) in [6.07, 6.45) is -4.63. The minimum Gasteiger partial charge on any atom is -0.478 e. The molecule has 1 aromatic carbocycles. The van der Waals surface area contributed by atoms with Gasteiger partial charge in [0.15, 0.2) is 0 Å². The number of halogens is 3. The topological polar surface area (TPSA) is 49.3 Å². The molecule has 0 aromatic heterocycles. The molecule has 0 saturated heterocycles. The Bertz CT molecular complexity index is 512. The van der Waals surface area contributed by atoms with Crippen molar-refractivity contribution in [3.8, 4) is 11.8 Å². The first-order valence-corrected chi connectivity index (χ1v) is 4.94. The molecule has 0 radical (unpaired) electrons. The van der Waals surface area contributed by atoms with Crippen LogP contribution in [0.15, 0.2) is 18.2 Å². The van der Waals surface area contributed by atoms with E-state index in [1.54, 1.807) is 7.05 Å². The maximum Gasteiger partial charge on any atom is 0.417 e. The second-order valence-electron chi connectivity index (χ2n) is 3.40. The SMILES string of the molecule is CNCC#Cc1ccc(C(=O)O)cc1C(F)(F)F. The highest BCUT2D eigenvalue weighted by molar-refractivity contribution is 5.88. The number of aromatic carboxylic acids is 1. The molecule has 0 bridgehead atoms. The quantitative estimate of drug-likeness (QED) is 0.796. The standard InChI is InChI=1S/C12H10F3NO2/c1-16-6-2-3-8-4-5-9(11(17)18)7-10(8)12(13,14)15/h4-5,7,16H,6H2,1H3,(H,17,18). The minimum absolute atomic E-state index is 0.234. The zero-order valence-corrected chi connectivity index (χ0v) is 9.43. The lowest BCUT2D eigenvalue weighted by atomic mass is 10.0. The predicted molar refractivity (Wildman–Crippen MR) is 59.2 cm³/mol. The first kappa shape index (κ1) is 14.1. The number of nitrogens with one attached hydrogen (secondary N) is 1. The van der Waals surface area contributed by atoms with Crippen molar-refractivity contribution >= 4 is 5.97 Å². The van der Waals surface area contributed by atoms with Crippen molar-refractivity contribution in [2.45, 2.75) is 6.18 Å². The Kier molecular flexibility index (Phi) is 4.34. The van der Waals surface area contributed by atoms with Gasteiger partial charge in [-0.2, -0.15) is 13.2 Å². The van der Waals surface area contributed by atoms with E-state index >= 15 is 0 Å². The van der Waals surface area contributed by atoms with Gasteiger partial charge < -0.3 is 10.4 Å². The monoisotopic (exact) mass is 257 g/mol. The molecule has 0 spiro atoms. The predicted octanol–water partition coefficient (Wildman–Crippen LogP) is 1.97. The van der Waals surface area contributed by atoms with E-state index in [4.69, 9.17) is 5.11 Å². The number of hydrogen-bond acceptors (Lipinski definition) is 2. The minimum atomic E-state index is -4.63. The summed E-state index contributed by atoms with van der Waals surface area (Å²) in [5.41, 5.74) is -1.68. The van der Waals surface area contributed by atoms with Gasteiger partial charge >= 0.3 is 12.1 Å². The molecule has 0 heterocycles. The lowest BCUT2D eigenvalue weighted by Crippen LogP contribution is -2.10. The zero-order valence-electron chi connectivity index (χ0n) is 9.43. The molecule has 1 aromatic rings. The zero-order chi connectivity index (χ0) is 13.8. The van der Waals surface area contributed by atoms with Gasteiger partial charge in [0, 0.05) is 5.56 Å². The summed E-state index contributed by atoms with van der Waals surface area (Å²) in [7, 11) is 1.62. The number of rotatable bonds is 2. The third-order valence-electron chi connectivity index (χ3n) is 2.06. The molecule has 6 heteroatoms. The van der Waals surface area contributed by atoms with Gasteiger partial charge in [-0.1, -0.05) is 11.8 Å². The molecule has 3 nitrogen and oxygen atoms in total. The molecule has 0 saturated carbocycles. The molecular formula is C12H10F3NO2. The van der Waals surface area contributed by atoms with Gasteiger partial charge in [0.05, 0.1) is 17.7 Å². The molecule has 0 fully saturated rings. The highest BCUT2D eigenvalue weighted by atomic mass is 19.4. The highest BCUT2D eigenvalue weighted by Crippen LogP contribution is 2.32. The van der Waals surface area contributed by atoms with E-state index in [1.807, 2.05) is 0 Å². The molecule has 0 atom stereocenters. The summed E-state index contributed by atoms with van der Waals surface area (Å²) < 4.78 is 38.2. The van der Waals surface area contributed by atoms with Crippen molar-refractivity contribution in [1.82, 2.24) is 5.32 Å². The molecule has 0 amide bonds. The van der Waals surface area contributed by atoms with Crippen LogP contribution in [0, 0.1) is 11.8 Å². The molecule has 0 aliphatic heterocycles. The summed E-state index contributed by atoms with van der Waals surface area (Å²) >= 11 is 0. The van der Waals surface area contributed by atoms with Crippen molar-refractivity contribution in [3.63, 3.8) is 0 Å². The van der Waals surface area contributed by atoms with Crippen molar-refractivity contribution in [2.75, 3.05) is 13.6 Å². The van der Waals surface area contributed by atoms with E-state index < -0.39 is 23.3 Å². The number of carbonyl (C=O) groups is 1. The van der Waals surface area contributed by atoms with E-state index in [0.717, 1.165) is 12.1 Å². The molecule has 0 unspecified atom stereocenters. The van der Waals surface area contributed by atoms with Gasteiger partial charge in [-0.05, 0) is 25.2 Å². The Balaban J connectivity index is 3.27. The van der Waals surface area contributed by atoms with Crippen molar-refractivity contribution in [2.24, 2.45) is 0 Å². The normalized spacial score (nSPS) is 10.7. The van der Waals surface area contributed by atoms with Crippen molar-refractivity contribution < 1.29 is 23.1 Å². The molecule has 1 rings (SSSR count). The summed E-state index contributed by atoms with van der Waals surface area (Å²) in [5, 5.41) is 11.3. The highest BCUT2D eigenvalue weighted by Gasteiger charge is 2.33. The Morgan fingerprint density at radius 2 is 2.11 bits per heavy atom. The molecule has 2 N–H and O–H groups in total. The number of carboxylic acids is 1. The van der Waals surface area contributed by atoms with Crippen LogP contribution in [0.4, 0.5) is 13.2 Å². The van der Waals surface area contributed by atoms with Crippen LogP contribution in [-0.2, 0) is 6.18 Å². The molecule has 0 aliphatic carbocycles. The van der Waals surface area contributed by atoms with Crippen molar-refractivity contribution in [1.29, 1.82) is 0 Å². The first-order chi connectivity index (χ1) is 8.36. The summed E-state index contributed by atoms with van der Waals surface area (Å²) in [4.78, 5) is 10.6. The van der Waals surface area contributed by atoms with Gasteiger partial charge in [0.25, 0.3) is 0 Å².